The molecule has 0 aliphatic carbocycles. The van der Waals surface area contributed by atoms with E-state index in [4.69, 9.17) is 9.47 Å². The van der Waals surface area contributed by atoms with Gasteiger partial charge in [0.1, 0.15) is 15.4 Å². The van der Waals surface area contributed by atoms with Gasteiger partial charge in [-0.2, -0.15) is 0 Å². The molecular formula is C24H27N3O5S. The zero-order valence-electron chi connectivity index (χ0n) is 19.6. The quantitative estimate of drug-likeness (QED) is 0.403. The Kier molecular flexibility index (Phi) is 7.33. The third-order valence-electron chi connectivity index (χ3n) is 5.25. The van der Waals surface area contributed by atoms with E-state index in [1.54, 1.807) is 27.7 Å². The number of benzene rings is 1. The summed E-state index contributed by atoms with van der Waals surface area (Å²) in [6.07, 6.45) is 1.41. The highest BCUT2D eigenvalue weighted by Crippen LogP contribution is 2.36. The van der Waals surface area contributed by atoms with Gasteiger partial charge in [0.15, 0.2) is 0 Å². The van der Waals surface area contributed by atoms with Crippen molar-refractivity contribution in [3.63, 3.8) is 0 Å². The molecule has 3 rings (SSSR count). The molecule has 8 nitrogen and oxygen atoms in total. The maximum atomic E-state index is 13.1. The number of rotatable bonds is 7. The van der Waals surface area contributed by atoms with Gasteiger partial charge in [-0.05, 0) is 70.4 Å². The van der Waals surface area contributed by atoms with Gasteiger partial charge in [-0.1, -0.05) is 6.07 Å². The first-order valence-electron chi connectivity index (χ1n) is 10.6. The number of hydrogen-bond donors (Lipinski definition) is 1. The van der Waals surface area contributed by atoms with E-state index in [2.05, 4.69) is 10.1 Å². The topological polar surface area (TPSA) is 103 Å². The van der Waals surface area contributed by atoms with Crippen LogP contribution in [-0.2, 0) is 9.47 Å². The van der Waals surface area contributed by atoms with E-state index in [1.807, 2.05) is 32.0 Å². The summed E-state index contributed by atoms with van der Waals surface area (Å²) in [5.74, 6) is -1.10. The monoisotopic (exact) mass is 469 g/mol. The minimum atomic E-state index is -0.577. The molecule has 0 radical (unpaired) electrons. The smallest absolute Gasteiger partial charge is 0.348 e. The highest BCUT2D eigenvalue weighted by molar-refractivity contribution is 7.18. The van der Waals surface area contributed by atoms with Gasteiger partial charge in [-0.3, -0.25) is 9.89 Å². The lowest BCUT2D eigenvalue weighted by atomic mass is 10.1. The van der Waals surface area contributed by atoms with Gasteiger partial charge in [-0.15, -0.1) is 11.3 Å². The SMILES string of the molecule is CCOC(=O)c1sc(/N=C/c2c(C)[nH]n(-c3ccc(C)c(C)c3)c2=O)c(C(=O)OCC)c1C. The average molecular weight is 470 g/mol. The fourth-order valence-corrected chi connectivity index (χ4v) is 4.34. The zero-order valence-corrected chi connectivity index (χ0v) is 20.4. The molecule has 1 N–H and O–H groups in total. The number of aryl methyl sites for hydroxylation is 3. The van der Waals surface area contributed by atoms with Crippen LogP contribution >= 0.6 is 11.3 Å². The standard InChI is InChI=1S/C24H27N3O5S/c1-7-31-23(29)19-15(5)20(24(30)32-8-2)33-21(19)25-12-18-16(6)26-27(22(18)28)17-10-9-13(3)14(4)11-17/h9-12,26H,7-8H2,1-6H3/b25-12+. The molecule has 1 aromatic carbocycles. The van der Waals surface area contributed by atoms with Gasteiger partial charge in [-0.25, -0.2) is 19.3 Å². The molecule has 33 heavy (non-hydrogen) atoms. The second kappa shape index (κ2) is 9.99. The van der Waals surface area contributed by atoms with Crippen molar-refractivity contribution in [2.75, 3.05) is 13.2 Å². The van der Waals surface area contributed by atoms with Crippen LogP contribution in [-0.4, -0.2) is 41.1 Å². The van der Waals surface area contributed by atoms with Gasteiger partial charge in [0.25, 0.3) is 5.56 Å². The van der Waals surface area contributed by atoms with Gasteiger partial charge in [0.2, 0.25) is 0 Å². The molecule has 2 heterocycles. The van der Waals surface area contributed by atoms with Crippen LogP contribution in [0, 0.1) is 27.7 Å². The normalized spacial score (nSPS) is 11.2. The van der Waals surface area contributed by atoms with E-state index >= 15 is 0 Å². The Balaban J connectivity index is 2.06. The second-order valence-corrected chi connectivity index (χ2v) is 8.49. The molecule has 0 aliphatic heterocycles. The van der Waals surface area contributed by atoms with Gasteiger partial charge < -0.3 is 9.47 Å². The number of esters is 2. The molecule has 9 heteroatoms. The second-order valence-electron chi connectivity index (χ2n) is 7.50. The van der Waals surface area contributed by atoms with E-state index in [1.165, 1.54) is 10.9 Å². The number of aromatic nitrogens is 2. The number of hydrogen-bond acceptors (Lipinski definition) is 7. The lowest BCUT2D eigenvalue weighted by molar-refractivity contribution is 0.0527. The van der Waals surface area contributed by atoms with E-state index in [9.17, 15) is 14.4 Å². The first-order chi connectivity index (χ1) is 15.7. The Morgan fingerprint density at radius 2 is 1.73 bits per heavy atom. The Morgan fingerprint density at radius 1 is 1.06 bits per heavy atom. The maximum Gasteiger partial charge on any atom is 0.348 e. The van der Waals surface area contributed by atoms with Crippen molar-refractivity contribution in [1.29, 1.82) is 0 Å². The summed E-state index contributed by atoms with van der Waals surface area (Å²) < 4.78 is 11.7. The molecule has 0 atom stereocenters. The molecular weight excluding hydrogens is 442 g/mol. The van der Waals surface area contributed by atoms with Crippen molar-refractivity contribution in [2.45, 2.75) is 41.5 Å². The molecule has 0 saturated heterocycles. The average Bonchev–Trinajstić information content (AvgIpc) is 3.24. The molecule has 174 valence electrons. The number of H-pyrrole nitrogens is 1. The number of carbonyl (C=O) groups excluding carboxylic acids is 2. The third-order valence-corrected chi connectivity index (χ3v) is 6.43. The number of aromatic amines is 1. The molecule has 0 saturated carbocycles. The van der Waals surface area contributed by atoms with Gasteiger partial charge >= 0.3 is 11.9 Å². The molecule has 0 spiro atoms. The van der Waals surface area contributed by atoms with Crippen LogP contribution < -0.4 is 5.56 Å². The van der Waals surface area contributed by atoms with Crippen molar-refractivity contribution in [3.05, 3.63) is 66.9 Å². The molecule has 0 aliphatic rings. The minimum absolute atomic E-state index is 0.184. The summed E-state index contributed by atoms with van der Waals surface area (Å²) in [6.45, 7) is 11.2. The largest absolute Gasteiger partial charge is 0.462 e. The van der Waals surface area contributed by atoms with Crippen molar-refractivity contribution in [1.82, 2.24) is 9.78 Å². The Labute approximate surface area is 195 Å². The van der Waals surface area contributed by atoms with Crippen LogP contribution in [0.5, 0.6) is 0 Å². The number of nitrogens with zero attached hydrogens (tertiary/aromatic N) is 2. The van der Waals surface area contributed by atoms with Crippen molar-refractivity contribution < 1.29 is 19.1 Å². The molecule has 2 aromatic heterocycles. The number of ether oxygens (including phenoxy) is 2. The fourth-order valence-electron chi connectivity index (χ4n) is 3.31. The number of nitrogens with one attached hydrogen (secondary N) is 1. The van der Waals surface area contributed by atoms with Crippen LogP contribution in [0.2, 0.25) is 0 Å². The summed E-state index contributed by atoms with van der Waals surface area (Å²) in [5.41, 5.74) is 4.28. The summed E-state index contributed by atoms with van der Waals surface area (Å²) in [6, 6.07) is 5.76. The zero-order chi connectivity index (χ0) is 24.3. The highest BCUT2D eigenvalue weighted by atomic mass is 32.1. The lowest BCUT2D eigenvalue weighted by Gasteiger charge is -2.05. The predicted octanol–water partition coefficient (Wildman–Crippen LogP) is 4.56. The highest BCUT2D eigenvalue weighted by Gasteiger charge is 2.26. The number of aliphatic imine (C=N–C) groups is 1. The number of thiophene rings is 1. The Hall–Kier alpha value is -3.46. The van der Waals surface area contributed by atoms with Crippen LogP contribution in [0.1, 0.15) is 61.8 Å². The Morgan fingerprint density at radius 3 is 2.36 bits per heavy atom. The van der Waals surface area contributed by atoms with Crippen LogP contribution in [0.15, 0.2) is 28.0 Å². The van der Waals surface area contributed by atoms with Crippen LogP contribution in [0.4, 0.5) is 5.00 Å². The fraction of sp³-hybridized carbons (Fsp3) is 0.333. The molecule has 0 unspecified atom stereocenters. The summed E-state index contributed by atoms with van der Waals surface area (Å²) in [7, 11) is 0. The molecule has 3 aromatic rings. The van der Waals surface area contributed by atoms with Crippen molar-refractivity contribution >= 4 is 34.5 Å². The number of carbonyl (C=O) groups is 2. The van der Waals surface area contributed by atoms with E-state index in [-0.39, 0.29) is 34.2 Å². The van der Waals surface area contributed by atoms with Crippen molar-refractivity contribution in [2.24, 2.45) is 4.99 Å². The first-order valence-corrected chi connectivity index (χ1v) is 11.4. The Bertz CT molecular complexity index is 1300. The van der Waals surface area contributed by atoms with Crippen LogP contribution in [0.3, 0.4) is 0 Å². The van der Waals surface area contributed by atoms with Gasteiger partial charge in [0, 0.05) is 11.9 Å². The maximum absolute atomic E-state index is 13.1. The van der Waals surface area contributed by atoms with E-state index in [0.717, 1.165) is 28.2 Å². The van der Waals surface area contributed by atoms with E-state index < -0.39 is 11.9 Å². The first kappa shape index (κ1) is 24.2. The van der Waals surface area contributed by atoms with Crippen molar-refractivity contribution in [3.8, 4) is 5.69 Å². The minimum Gasteiger partial charge on any atom is -0.462 e. The van der Waals surface area contributed by atoms with Gasteiger partial charge in [0.05, 0.1) is 24.5 Å². The summed E-state index contributed by atoms with van der Waals surface area (Å²) >= 11 is 1.03. The third kappa shape index (κ3) is 4.83. The van der Waals surface area contributed by atoms with E-state index in [0.29, 0.717) is 16.8 Å². The molecule has 0 bridgehead atoms. The predicted molar refractivity (Wildman–Crippen MR) is 129 cm³/mol. The molecule has 0 amide bonds. The lowest BCUT2D eigenvalue weighted by Crippen LogP contribution is -2.17. The summed E-state index contributed by atoms with van der Waals surface area (Å²) in [5, 5.41) is 3.36. The summed E-state index contributed by atoms with van der Waals surface area (Å²) in [4.78, 5) is 42.7. The molecule has 0 fully saturated rings. The van der Waals surface area contributed by atoms with Crippen LogP contribution in [0.25, 0.3) is 5.69 Å².